The van der Waals surface area contributed by atoms with Gasteiger partial charge in [0.25, 0.3) is 5.91 Å². The van der Waals surface area contributed by atoms with Gasteiger partial charge in [-0.2, -0.15) is 4.31 Å². The molecular weight excluding hydrogens is 383 g/mol. The molecule has 0 atom stereocenters. The SMILES string of the molecule is COc1ccc2c(c1)CCN(S(=O)(=O)CCCNC(=O)c1ccc(F)cc1)C2. The fourth-order valence-electron chi connectivity index (χ4n) is 3.16. The molecule has 0 fully saturated rings. The zero-order chi connectivity index (χ0) is 20.1. The average molecular weight is 406 g/mol. The molecule has 2 aromatic rings. The van der Waals surface area contributed by atoms with Gasteiger partial charge in [0.05, 0.1) is 12.9 Å². The topological polar surface area (TPSA) is 75.7 Å². The van der Waals surface area contributed by atoms with E-state index < -0.39 is 15.8 Å². The van der Waals surface area contributed by atoms with Gasteiger partial charge in [-0.05, 0) is 60.4 Å². The molecule has 0 radical (unpaired) electrons. The van der Waals surface area contributed by atoms with Gasteiger partial charge in [-0.3, -0.25) is 4.79 Å². The Hall–Kier alpha value is -2.45. The Labute approximate surface area is 164 Å². The van der Waals surface area contributed by atoms with Crippen LogP contribution in [0, 0.1) is 5.82 Å². The first-order valence-corrected chi connectivity index (χ1v) is 10.7. The highest BCUT2D eigenvalue weighted by Crippen LogP contribution is 2.25. The molecule has 28 heavy (non-hydrogen) atoms. The molecule has 8 heteroatoms. The third kappa shape index (κ3) is 4.88. The molecule has 0 bridgehead atoms. The van der Waals surface area contributed by atoms with Crippen molar-refractivity contribution in [1.82, 2.24) is 9.62 Å². The molecule has 0 aliphatic carbocycles. The van der Waals surface area contributed by atoms with Crippen molar-refractivity contribution < 1.29 is 22.3 Å². The predicted molar refractivity (Wildman–Crippen MR) is 104 cm³/mol. The van der Waals surface area contributed by atoms with E-state index >= 15 is 0 Å². The van der Waals surface area contributed by atoms with Crippen LogP contribution in [0.3, 0.4) is 0 Å². The minimum Gasteiger partial charge on any atom is -0.497 e. The van der Waals surface area contributed by atoms with Crippen molar-refractivity contribution in [2.75, 3.05) is 26.0 Å². The molecule has 1 aliphatic rings. The van der Waals surface area contributed by atoms with Crippen molar-refractivity contribution in [3.8, 4) is 5.75 Å². The number of halogens is 1. The lowest BCUT2D eigenvalue weighted by Crippen LogP contribution is -2.38. The number of hydrogen-bond acceptors (Lipinski definition) is 4. The van der Waals surface area contributed by atoms with Gasteiger partial charge in [-0.25, -0.2) is 12.8 Å². The molecule has 150 valence electrons. The number of benzene rings is 2. The number of methoxy groups -OCH3 is 1. The number of amides is 1. The molecule has 1 amide bonds. The third-order valence-corrected chi connectivity index (χ3v) is 6.66. The quantitative estimate of drug-likeness (QED) is 0.716. The fraction of sp³-hybridized carbons (Fsp3) is 0.350. The summed E-state index contributed by atoms with van der Waals surface area (Å²) in [5.74, 6) is -0.0308. The van der Waals surface area contributed by atoms with E-state index in [2.05, 4.69) is 5.32 Å². The van der Waals surface area contributed by atoms with Crippen LogP contribution in [0.2, 0.25) is 0 Å². The fourth-order valence-corrected chi connectivity index (χ4v) is 4.63. The van der Waals surface area contributed by atoms with Crippen LogP contribution in [0.5, 0.6) is 5.75 Å². The highest BCUT2D eigenvalue weighted by atomic mass is 32.2. The molecule has 0 unspecified atom stereocenters. The first kappa shape index (κ1) is 20.3. The monoisotopic (exact) mass is 406 g/mol. The van der Waals surface area contributed by atoms with E-state index in [-0.39, 0.29) is 18.2 Å². The largest absolute Gasteiger partial charge is 0.497 e. The summed E-state index contributed by atoms with van der Waals surface area (Å²) >= 11 is 0. The number of hydrogen-bond donors (Lipinski definition) is 1. The summed E-state index contributed by atoms with van der Waals surface area (Å²) in [6, 6.07) is 10.9. The molecule has 0 aromatic heterocycles. The van der Waals surface area contributed by atoms with Crippen molar-refractivity contribution in [2.24, 2.45) is 0 Å². The van der Waals surface area contributed by atoms with E-state index in [4.69, 9.17) is 4.74 Å². The zero-order valence-electron chi connectivity index (χ0n) is 15.7. The Kier molecular flexibility index (Phi) is 6.31. The normalized spacial score (nSPS) is 14.4. The molecule has 2 aromatic carbocycles. The van der Waals surface area contributed by atoms with Crippen molar-refractivity contribution in [2.45, 2.75) is 19.4 Å². The maximum absolute atomic E-state index is 12.9. The molecule has 0 saturated heterocycles. The molecule has 0 saturated carbocycles. The van der Waals surface area contributed by atoms with E-state index in [1.54, 1.807) is 7.11 Å². The Morgan fingerprint density at radius 1 is 1.18 bits per heavy atom. The Bertz CT molecular complexity index is 945. The summed E-state index contributed by atoms with van der Waals surface area (Å²) in [7, 11) is -1.80. The van der Waals surface area contributed by atoms with Crippen LogP contribution in [0.25, 0.3) is 0 Å². The van der Waals surface area contributed by atoms with Crippen LogP contribution in [-0.2, 0) is 23.0 Å². The second-order valence-electron chi connectivity index (χ2n) is 6.65. The first-order valence-electron chi connectivity index (χ1n) is 9.06. The zero-order valence-corrected chi connectivity index (χ0v) is 16.5. The number of nitrogens with zero attached hydrogens (tertiary/aromatic N) is 1. The van der Waals surface area contributed by atoms with Crippen molar-refractivity contribution >= 4 is 15.9 Å². The molecule has 1 aliphatic heterocycles. The lowest BCUT2D eigenvalue weighted by molar-refractivity contribution is 0.0953. The standard InChI is InChI=1S/C20H23FN2O4S/c1-27-19-8-5-17-14-23(11-9-16(17)13-19)28(25,26)12-2-10-22-20(24)15-3-6-18(21)7-4-15/h3-8,13H,2,9-12,14H2,1H3,(H,22,24). The lowest BCUT2D eigenvalue weighted by atomic mass is 10.0. The molecule has 1 heterocycles. The van der Waals surface area contributed by atoms with Gasteiger partial charge >= 0.3 is 0 Å². The first-order chi connectivity index (χ1) is 13.4. The minimum atomic E-state index is -3.41. The number of nitrogens with one attached hydrogen (secondary N) is 1. The Morgan fingerprint density at radius 2 is 1.93 bits per heavy atom. The number of carbonyl (C=O) groups is 1. The third-order valence-electron chi connectivity index (χ3n) is 4.76. The summed E-state index contributed by atoms with van der Waals surface area (Å²) in [5, 5.41) is 2.66. The van der Waals surface area contributed by atoms with E-state index in [1.165, 1.54) is 28.6 Å². The van der Waals surface area contributed by atoms with Crippen molar-refractivity contribution in [3.63, 3.8) is 0 Å². The molecular formula is C20H23FN2O4S. The Balaban J connectivity index is 1.50. The van der Waals surface area contributed by atoms with E-state index in [0.717, 1.165) is 16.9 Å². The van der Waals surface area contributed by atoms with Gasteiger partial charge in [0.15, 0.2) is 0 Å². The smallest absolute Gasteiger partial charge is 0.251 e. The summed E-state index contributed by atoms with van der Waals surface area (Å²) in [4.78, 5) is 12.0. The second kappa shape index (κ2) is 8.70. The number of sulfonamides is 1. The maximum atomic E-state index is 12.9. The van der Waals surface area contributed by atoms with Crippen LogP contribution in [-0.4, -0.2) is 44.6 Å². The highest BCUT2D eigenvalue weighted by Gasteiger charge is 2.26. The summed E-state index contributed by atoms with van der Waals surface area (Å²) in [5.41, 5.74) is 2.44. The predicted octanol–water partition coefficient (Wildman–Crippen LogP) is 2.34. The van der Waals surface area contributed by atoms with Gasteiger partial charge in [0, 0.05) is 25.2 Å². The summed E-state index contributed by atoms with van der Waals surface area (Å²) < 4.78 is 44.8. The summed E-state index contributed by atoms with van der Waals surface area (Å²) in [6.07, 6.45) is 0.953. The molecule has 1 N–H and O–H groups in total. The lowest BCUT2D eigenvalue weighted by Gasteiger charge is -2.28. The number of rotatable bonds is 7. The highest BCUT2D eigenvalue weighted by molar-refractivity contribution is 7.89. The minimum absolute atomic E-state index is 0.0395. The van der Waals surface area contributed by atoms with Crippen LogP contribution in [0.1, 0.15) is 27.9 Å². The second-order valence-corrected chi connectivity index (χ2v) is 8.74. The van der Waals surface area contributed by atoms with Crippen LogP contribution < -0.4 is 10.1 Å². The number of fused-ring (bicyclic) bond motifs is 1. The molecule has 0 spiro atoms. The number of ether oxygens (including phenoxy) is 1. The van der Waals surface area contributed by atoms with E-state index in [0.29, 0.717) is 31.5 Å². The van der Waals surface area contributed by atoms with Crippen LogP contribution in [0.15, 0.2) is 42.5 Å². The Morgan fingerprint density at radius 3 is 2.64 bits per heavy atom. The van der Waals surface area contributed by atoms with Gasteiger partial charge in [0.1, 0.15) is 11.6 Å². The molecule has 6 nitrogen and oxygen atoms in total. The van der Waals surface area contributed by atoms with Crippen LogP contribution >= 0.6 is 0 Å². The van der Waals surface area contributed by atoms with Crippen molar-refractivity contribution in [3.05, 3.63) is 65.0 Å². The van der Waals surface area contributed by atoms with E-state index in [1.807, 2.05) is 18.2 Å². The number of carbonyl (C=O) groups excluding carboxylic acids is 1. The van der Waals surface area contributed by atoms with Gasteiger partial charge in [-0.1, -0.05) is 6.07 Å². The summed E-state index contributed by atoms with van der Waals surface area (Å²) in [6.45, 7) is 1.02. The molecule has 3 rings (SSSR count). The average Bonchev–Trinajstić information content (AvgIpc) is 2.70. The van der Waals surface area contributed by atoms with E-state index in [9.17, 15) is 17.6 Å². The van der Waals surface area contributed by atoms with Crippen LogP contribution in [0.4, 0.5) is 4.39 Å². The van der Waals surface area contributed by atoms with Gasteiger partial charge in [-0.15, -0.1) is 0 Å². The van der Waals surface area contributed by atoms with Gasteiger partial charge in [0.2, 0.25) is 10.0 Å². The van der Waals surface area contributed by atoms with Crippen molar-refractivity contribution in [1.29, 1.82) is 0 Å². The van der Waals surface area contributed by atoms with Gasteiger partial charge < -0.3 is 10.1 Å². The maximum Gasteiger partial charge on any atom is 0.251 e.